The van der Waals surface area contributed by atoms with Gasteiger partial charge < -0.3 is 31.2 Å². The molecule has 4 rings (SSSR count). The minimum Gasteiger partial charge on any atom is -0.496 e. The lowest BCUT2D eigenvalue weighted by atomic mass is 9.94. The van der Waals surface area contributed by atoms with Crippen LogP contribution in [0.25, 0.3) is 11.1 Å². The topological polar surface area (TPSA) is 133 Å². The summed E-state index contributed by atoms with van der Waals surface area (Å²) in [5, 5.41) is 21.7. The lowest BCUT2D eigenvalue weighted by Crippen LogP contribution is -2.51. The molecule has 2 aromatic heterocycles. The van der Waals surface area contributed by atoms with Crippen LogP contribution in [-0.2, 0) is 0 Å². The molecule has 0 aliphatic carbocycles. The molecule has 0 saturated carbocycles. The molecule has 1 saturated heterocycles. The summed E-state index contributed by atoms with van der Waals surface area (Å²) >= 11 is 6.69. The Morgan fingerprint density at radius 1 is 1.32 bits per heavy atom. The highest BCUT2D eigenvalue weighted by Crippen LogP contribution is 2.43. The molecule has 5 N–H and O–H groups in total. The number of methoxy groups -OCH3 is 1. The monoisotopic (exact) mass is 481 g/mol. The van der Waals surface area contributed by atoms with E-state index in [0.29, 0.717) is 35.2 Å². The zero-order valence-electron chi connectivity index (χ0n) is 19.6. The van der Waals surface area contributed by atoms with Crippen molar-refractivity contribution in [2.75, 3.05) is 36.1 Å². The number of hydrogen-bond donors (Lipinski definition) is 4. The molecule has 9 nitrogen and oxygen atoms in total. The fourth-order valence-electron chi connectivity index (χ4n) is 4.18. The van der Waals surface area contributed by atoms with Crippen molar-refractivity contribution in [3.05, 3.63) is 52.4 Å². The second-order valence-corrected chi connectivity index (χ2v) is 8.82. The number of nitrogens with one attached hydrogen (secondary N) is 2. The number of aliphatic hydroxyl groups is 1. The molecular formula is C24H28ClN7O2. The zero-order chi connectivity index (χ0) is 24.6. The lowest BCUT2D eigenvalue weighted by molar-refractivity contribution is 0.141. The van der Waals surface area contributed by atoms with Crippen LogP contribution in [0.2, 0.25) is 5.02 Å². The standard InChI is InChI=1S/C24H28ClN7O2/c1-12-18(25)8-17(14(3)31-24-21(13(2)26)23(27)29-11-30-24)22(34-4)20(12)15-5-6-28-19(7-15)32-9-16(33)10-32/h5-8,11,14,16,26,33H,9-10H2,1-4H3,(H3,27,29,30,31). The number of anilines is 3. The Balaban J connectivity index is 1.77. The molecule has 1 aliphatic heterocycles. The van der Waals surface area contributed by atoms with Crippen LogP contribution in [0.15, 0.2) is 30.7 Å². The number of nitrogens with two attached hydrogens (primary N) is 1. The van der Waals surface area contributed by atoms with Crippen molar-refractivity contribution >= 4 is 34.8 Å². The first kappa shape index (κ1) is 23.7. The number of β-amino-alcohol motifs (C(OH)–C–C–N with tert-alkyl or cyclic N) is 1. The highest BCUT2D eigenvalue weighted by atomic mass is 35.5. The maximum atomic E-state index is 9.67. The van der Waals surface area contributed by atoms with E-state index in [4.69, 9.17) is 27.5 Å². The quantitative estimate of drug-likeness (QED) is 0.374. The minimum absolute atomic E-state index is 0.243. The summed E-state index contributed by atoms with van der Waals surface area (Å²) in [5.41, 5.74) is 10.2. The zero-order valence-corrected chi connectivity index (χ0v) is 20.3. The molecule has 1 aliphatic rings. The SMILES string of the molecule is COc1c(C(C)Nc2ncnc(N)c2C(C)=N)cc(Cl)c(C)c1-c1ccnc(N2CC(O)C2)c1. The molecule has 0 radical (unpaired) electrons. The predicted octanol–water partition coefficient (Wildman–Crippen LogP) is 3.83. The van der Waals surface area contributed by atoms with Gasteiger partial charge in [0.2, 0.25) is 0 Å². The van der Waals surface area contributed by atoms with Crippen LogP contribution in [-0.4, -0.2) is 52.1 Å². The number of hydrogen-bond acceptors (Lipinski definition) is 9. The third kappa shape index (κ3) is 4.36. The first-order valence-corrected chi connectivity index (χ1v) is 11.3. The minimum atomic E-state index is -0.322. The second kappa shape index (κ2) is 9.44. The highest BCUT2D eigenvalue weighted by Gasteiger charge is 2.27. The van der Waals surface area contributed by atoms with E-state index in [1.165, 1.54) is 6.33 Å². The van der Waals surface area contributed by atoms with Gasteiger partial charge in [-0.1, -0.05) is 11.6 Å². The van der Waals surface area contributed by atoms with E-state index in [1.54, 1.807) is 20.2 Å². The molecule has 10 heteroatoms. The highest BCUT2D eigenvalue weighted by molar-refractivity contribution is 6.32. The Labute approximate surface area is 203 Å². The molecular weight excluding hydrogens is 454 g/mol. The van der Waals surface area contributed by atoms with E-state index in [1.807, 2.05) is 36.9 Å². The summed E-state index contributed by atoms with van der Waals surface area (Å²) in [6.07, 6.45) is 2.79. The number of nitrogen functional groups attached to an aromatic ring is 1. The maximum absolute atomic E-state index is 9.67. The molecule has 1 fully saturated rings. The van der Waals surface area contributed by atoms with Gasteiger partial charge in [-0.25, -0.2) is 15.0 Å². The van der Waals surface area contributed by atoms with Crippen molar-refractivity contribution in [2.45, 2.75) is 32.9 Å². The predicted molar refractivity (Wildman–Crippen MR) is 135 cm³/mol. The number of aromatic nitrogens is 3. The van der Waals surface area contributed by atoms with Crippen molar-refractivity contribution in [2.24, 2.45) is 0 Å². The number of nitrogens with zero attached hydrogens (tertiary/aromatic N) is 4. The average Bonchev–Trinajstić information content (AvgIpc) is 2.78. The van der Waals surface area contributed by atoms with E-state index in [-0.39, 0.29) is 23.7 Å². The van der Waals surface area contributed by atoms with E-state index in [0.717, 1.165) is 28.1 Å². The normalized spacial score (nSPS) is 14.5. The van der Waals surface area contributed by atoms with E-state index >= 15 is 0 Å². The molecule has 0 spiro atoms. The fourth-order valence-corrected chi connectivity index (χ4v) is 4.40. The fraction of sp³-hybridized carbons (Fsp3) is 0.333. The molecule has 1 atom stereocenters. The lowest BCUT2D eigenvalue weighted by Gasteiger charge is -2.37. The van der Waals surface area contributed by atoms with Crippen LogP contribution in [0.3, 0.4) is 0 Å². The number of ether oxygens (including phenoxy) is 1. The summed E-state index contributed by atoms with van der Waals surface area (Å²) in [4.78, 5) is 14.8. The van der Waals surface area contributed by atoms with Gasteiger partial charge in [-0.15, -0.1) is 0 Å². The van der Waals surface area contributed by atoms with Crippen LogP contribution in [0.5, 0.6) is 5.75 Å². The maximum Gasteiger partial charge on any atom is 0.141 e. The summed E-state index contributed by atoms with van der Waals surface area (Å²) < 4.78 is 5.91. The second-order valence-electron chi connectivity index (χ2n) is 8.42. The smallest absolute Gasteiger partial charge is 0.141 e. The van der Waals surface area contributed by atoms with Crippen LogP contribution in [0, 0.1) is 12.3 Å². The summed E-state index contributed by atoms with van der Waals surface area (Å²) in [5.74, 6) is 2.18. The van der Waals surface area contributed by atoms with Gasteiger partial charge in [0.25, 0.3) is 0 Å². The summed E-state index contributed by atoms with van der Waals surface area (Å²) in [6.45, 7) is 6.69. The Kier molecular flexibility index (Phi) is 6.58. The number of rotatable bonds is 7. The number of benzene rings is 1. The van der Waals surface area contributed by atoms with Gasteiger partial charge in [-0.3, -0.25) is 0 Å². The van der Waals surface area contributed by atoms with E-state index in [2.05, 4.69) is 20.3 Å². The molecule has 0 amide bonds. The molecule has 3 heterocycles. The summed E-state index contributed by atoms with van der Waals surface area (Å²) in [6, 6.07) is 5.51. The first-order valence-electron chi connectivity index (χ1n) is 10.9. The van der Waals surface area contributed by atoms with Crippen LogP contribution in [0.1, 0.15) is 36.6 Å². The van der Waals surface area contributed by atoms with Gasteiger partial charge in [-0.2, -0.15) is 0 Å². The van der Waals surface area contributed by atoms with Crippen molar-refractivity contribution in [1.29, 1.82) is 5.41 Å². The molecule has 1 aromatic carbocycles. The van der Waals surface area contributed by atoms with Crippen molar-refractivity contribution in [3.63, 3.8) is 0 Å². The Morgan fingerprint density at radius 3 is 2.71 bits per heavy atom. The molecule has 34 heavy (non-hydrogen) atoms. The van der Waals surface area contributed by atoms with Crippen molar-refractivity contribution < 1.29 is 9.84 Å². The van der Waals surface area contributed by atoms with Crippen molar-refractivity contribution in [3.8, 4) is 16.9 Å². The van der Waals surface area contributed by atoms with Gasteiger partial charge in [0.15, 0.2) is 0 Å². The third-order valence-electron chi connectivity index (χ3n) is 6.00. The molecule has 3 aromatic rings. The first-order chi connectivity index (χ1) is 16.2. The Morgan fingerprint density at radius 2 is 2.06 bits per heavy atom. The van der Waals surface area contributed by atoms with Gasteiger partial charge in [0.05, 0.1) is 24.8 Å². The van der Waals surface area contributed by atoms with Crippen LogP contribution in [0.4, 0.5) is 17.5 Å². The van der Waals surface area contributed by atoms with Crippen LogP contribution < -0.4 is 20.7 Å². The van der Waals surface area contributed by atoms with Gasteiger partial charge in [-0.05, 0) is 50.1 Å². The molecule has 178 valence electrons. The summed E-state index contributed by atoms with van der Waals surface area (Å²) in [7, 11) is 1.63. The molecule has 1 unspecified atom stereocenters. The Hall–Kier alpha value is -3.43. The van der Waals surface area contributed by atoms with Gasteiger partial charge in [0, 0.05) is 41.1 Å². The average molecular weight is 482 g/mol. The van der Waals surface area contributed by atoms with E-state index < -0.39 is 0 Å². The molecule has 0 bridgehead atoms. The number of pyridine rings is 1. The van der Waals surface area contributed by atoms with E-state index in [9.17, 15) is 5.11 Å². The Bertz CT molecular complexity index is 1240. The largest absolute Gasteiger partial charge is 0.496 e. The van der Waals surface area contributed by atoms with Gasteiger partial charge >= 0.3 is 0 Å². The number of halogens is 1. The number of aliphatic hydroxyl groups excluding tert-OH is 1. The van der Waals surface area contributed by atoms with Gasteiger partial charge in [0.1, 0.15) is 29.5 Å². The third-order valence-corrected chi connectivity index (χ3v) is 6.39. The van der Waals surface area contributed by atoms with Crippen LogP contribution >= 0.6 is 11.6 Å². The van der Waals surface area contributed by atoms with Crippen molar-refractivity contribution in [1.82, 2.24) is 15.0 Å².